The quantitative estimate of drug-likeness (QED) is 0.448. The molecule has 0 radical (unpaired) electrons. The average Bonchev–Trinajstić information content (AvgIpc) is 1.37. The highest BCUT2D eigenvalue weighted by molar-refractivity contribution is 4.06. The van der Waals surface area contributed by atoms with Gasteiger partial charge in [0.15, 0.2) is 0 Å². The highest BCUT2D eigenvalue weighted by Gasteiger charge is 1.58. The van der Waals surface area contributed by atoms with Crippen LogP contribution in [0.5, 0.6) is 0 Å². The zero-order valence-corrected chi connectivity index (χ0v) is 2.31. The fourth-order valence-corrected chi connectivity index (χ4v) is 0. The Kier molecular flexibility index (Phi) is 16.1. The van der Waals surface area contributed by atoms with Crippen molar-refractivity contribution < 1.29 is 10.2 Å². The summed E-state index contributed by atoms with van der Waals surface area (Å²) >= 11 is 0. The summed E-state index contributed by atoms with van der Waals surface area (Å²) in [6.45, 7) is -0.250. The molecule has 0 aromatic carbocycles. The van der Waals surface area contributed by atoms with E-state index in [-0.39, 0.29) is 20.6 Å². The van der Waals surface area contributed by atoms with Gasteiger partial charge in [0.25, 0.3) is 0 Å². The molecule has 0 spiro atoms. The standard InChI is InChI=1S/C2H6O2.CH4/c3-1-2-4;/h3-4H,1-2H2;1H4. The molecule has 0 heterocycles. The van der Waals surface area contributed by atoms with Crippen molar-refractivity contribution in [2.75, 3.05) is 13.2 Å². The molecule has 0 atom stereocenters. The third-order valence-corrected chi connectivity index (χ3v) is 0.1000. The highest BCUT2D eigenvalue weighted by atomic mass is 16.3. The van der Waals surface area contributed by atoms with Crippen molar-refractivity contribution in [3.8, 4) is 0 Å². The lowest BCUT2D eigenvalue weighted by Gasteiger charge is -1.70. The van der Waals surface area contributed by atoms with E-state index in [1.807, 2.05) is 0 Å². The van der Waals surface area contributed by atoms with Crippen molar-refractivity contribution in [2.24, 2.45) is 0 Å². The largest absolute Gasteiger partial charge is 0.394 e. The Hall–Kier alpha value is -0.0800. The van der Waals surface area contributed by atoms with Crippen molar-refractivity contribution in [3.63, 3.8) is 0 Å². The zero-order chi connectivity index (χ0) is 3.41. The summed E-state index contributed by atoms with van der Waals surface area (Å²) < 4.78 is 0. The van der Waals surface area contributed by atoms with E-state index >= 15 is 0 Å². The van der Waals surface area contributed by atoms with Crippen LogP contribution in [0, 0.1) is 0 Å². The smallest absolute Gasteiger partial charge is 0.0662 e. The van der Waals surface area contributed by atoms with Crippen LogP contribution in [0.3, 0.4) is 0 Å². The van der Waals surface area contributed by atoms with E-state index in [1.54, 1.807) is 0 Å². The first kappa shape index (κ1) is 8.87. The van der Waals surface area contributed by atoms with Crippen LogP contribution >= 0.6 is 0 Å². The predicted molar refractivity (Wildman–Crippen MR) is 20.9 cm³/mol. The van der Waals surface area contributed by atoms with Crippen molar-refractivity contribution in [2.45, 2.75) is 7.43 Å². The van der Waals surface area contributed by atoms with Gasteiger partial charge in [-0.15, -0.1) is 0 Å². The van der Waals surface area contributed by atoms with E-state index in [1.165, 1.54) is 0 Å². The van der Waals surface area contributed by atoms with Gasteiger partial charge in [0.05, 0.1) is 13.2 Å². The summed E-state index contributed by atoms with van der Waals surface area (Å²) in [7, 11) is 0. The summed E-state index contributed by atoms with van der Waals surface area (Å²) in [6, 6.07) is 0. The Morgan fingerprint density at radius 1 is 1.00 bits per heavy atom. The molecule has 0 unspecified atom stereocenters. The van der Waals surface area contributed by atoms with Crippen LogP contribution in [0.15, 0.2) is 0 Å². The number of aliphatic hydroxyl groups excluding tert-OH is 2. The van der Waals surface area contributed by atoms with Crippen molar-refractivity contribution in [3.05, 3.63) is 0 Å². The molecule has 0 bridgehead atoms. The maximum absolute atomic E-state index is 7.62. The maximum atomic E-state index is 7.62. The molecule has 0 amide bonds. The van der Waals surface area contributed by atoms with Crippen LogP contribution in [-0.4, -0.2) is 23.4 Å². The lowest BCUT2D eigenvalue weighted by molar-refractivity contribution is 0.186. The molecule has 0 fully saturated rings. The summed E-state index contributed by atoms with van der Waals surface area (Å²) in [5.74, 6) is 0. The minimum absolute atomic E-state index is 0. The van der Waals surface area contributed by atoms with Crippen LogP contribution < -0.4 is 0 Å². The Balaban J connectivity index is 0. The molecule has 0 aromatic heterocycles. The van der Waals surface area contributed by atoms with Crippen LogP contribution in [0.25, 0.3) is 0 Å². The van der Waals surface area contributed by atoms with Crippen LogP contribution in [-0.2, 0) is 0 Å². The first-order valence-corrected chi connectivity index (χ1v) is 1.13. The lowest BCUT2D eigenvalue weighted by Crippen LogP contribution is -1.85. The van der Waals surface area contributed by atoms with Gasteiger partial charge in [0.2, 0.25) is 0 Å². The van der Waals surface area contributed by atoms with E-state index in [2.05, 4.69) is 0 Å². The monoisotopic (exact) mass is 78.1 g/mol. The second-order valence-electron chi connectivity index (χ2n) is 0.447. The minimum atomic E-state index is -0.125. The Bertz CT molecular complexity index is 6.85. The van der Waals surface area contributed by atoms with Gasteiger partial charge < -0.3 is 10.2 Å². The molecule has 0 aliphatic carbocycles. The summed E-state index contributed by atoms with van der Waals surface area (Å²) in [4.78, 5) is 0. The van der Waals surface area contributed by atoms with Gasteiger partial charge in [0, 0.05) is 0 Å². The zero-order valence-electron chi connectivity index (χ0n) is 2.31. The third-order valence-electron chi connectivity index (χ3n) is 0.1000. The fourth-order valence-electron chi connectivity index (χ4n) is 0. The van der Waals surface area contributed by atoms with Gasteiger partial charge in [-0.05, 0) is 0 Å². The topological polar surface area (TPSA) is 40.5 Å². The Morgan fingerprint density at radius 3 is 1.20 bits per heavy atom. The lowest BCUT2D eigenvalue weighted by atomic mass is 10.8. The fraction of sp³-hybridized carbons (Fsp3) is 1.00. The molecule has 0 aromatic rings. The first-order valence-electron chi connectivity index (χ1n) is 1.13. The van der Waals surface area contributed by atoms with E-state index in [4.69, 9.17) is 10.2 Å². The van der Waals surface area contributed by atoms with Gasteiger partial charge in [0.1, 0.15) is 0 Å². The number of rotatable bonds is 1. The summed E-state index contributed by atoms with van der Waals surface area (Å²) in [5, 5.41) is 15.2. The summed E-state index contributed by atoms with van der Waals surface area (Å²) in [6.07, 6.45) is 0. The molecule has 34 valence electrons. The molecular formula is C3H10O2. The molecular weight excluding hydrogens is 68.0 g/mol. The maximum Gasteiger partial charge on any atom is 0.0662 e. The van der Waals surface area contributed by atoms with Crippen LogP contribution in [0.1, 0.15) is 7.43 Å². The van der Waals surface area contributed by atoms with Crippen molar-refractivity contribution in [1.29, 1.82) is 0 Å². The Labute approximate surface area is 32.1 Å². The molecule has 0 aliphatic rings. The number of hydrogen-bond acceptors (Lipinski definition) is 2. The van der Waals surface area contributed by atoms with Gasteiger partial charge in [-0.1, -0.05) is 7.43 Å². The molecule has 0 rings (SSSR count). The van der Waals surface area contributed by atoms with E-state index in [9.17, 15) is 0 Å². The van der Waals surface area contributed by atoms with Gasteiger partial charge in [-0.3, -0.25) is 0 Å². The molecule has 0 saturated heterocycles. The molecule has 5 heavy (non-hydrogen) atoms. The van der Waals surface area contributed by atoms with Crippen LogP contribution in [0.4, 0.5) is 0 Å². The molecule has 2 nitrogen and oxygen atoms in total. The van der Waals surface area contributed by atoms with E-state index in [0.717, 1.165) is 0 Å². The van der Waals surface area contributed by atoms with Crippen molar-refractivity contribution >= 4 is 0 Å². The second-order valence-corrected chi connectivity index (χ2v) is 0.447. The predicted octanol–water partition coefficient (Wildman–Crippen LogP) is -0.393. The van der Waals surface area contributed by atoms with E-state index < -0.39 is 0 Å². The van der Waals surface area contributed by atoms with Crippen molar-refractivity contribution in [1.82, 2.24) is 0 Å². The highest BCUT2D eigenvalue weighted by Crippen LogP contribution is 1.39. The van der Waals surface area contributed by atoms with Gasteiger partial charge >= 0.3 is 0 Å². The third kappa shape index (κ3) is 17.1. The van der Waals surface area contributed by atoms with Gasteiger partial charge in [-0.2, -0.15) is 0 Å². The van der Waals surface area contributed by atoms with E-state index in [0.29, 0.717) is 0 Å². The number of aliphatic hydroxyl groups is 2. The molecule has 0 aliphatic heterocycles. The molecule has 2 N–H and O–H groups in total. The average molecular weight is 78.1 g/mol. The normalized spacial score (nSPS) is 6.00. The van der Waals surface area contributed by atoms with Crippen LogP contribution in [0.2, 0.25) is 0 Å². The second kappa shape index (κ2) is 9.07. The van der Waals surface area contributed by atoms with Gasteiger partial charge in [-0.25, -0.2) is 0 Å². The Morgan fingerprint density at radius 2 is 1.20 bits per heavy atom. The molecule has 0 saturated carbocycles. The first-order chi connectivity index (χ1) is 1.91. The molecule has 2 heteroatoms. The summed E-state index contributed by atoms with van der Waals surface area (Å²) in [5.41, 5.74) is 0. The SMILES string of the molecule is C.OCCO. The number of hydrogen-bond donors (Lipinski definition) is 2. The minimum Gasteiger partial charge on any atom is -0.394 e.